The van der Waals surface area contributed by atoms with Crippen LogP contribution in [0.2, 0.25) is 0 Å². The summed E-state index contributed by atoms with van der Waals surface area (Å²) in [5, 5.41) is 5.34. The van der Waals surface area contributed by atoms with Gasteiger partial charge in [-0.25, -0.2) is 0 Å². The molecule has 8 heteroatoms. The molecule has 1 aliphatic heterocycles. The number of nitrogens with zero attached hydrogens (tertiary/aromatic N) is 3. The predicted molar refractivity (Wildman–Crippen MR) is 125 cm³/mol. The fraction of sp³-hybridized carbons (Fsp3) is 0.429. The minimum Gasteiger partial charge on any atom is -0.480 e. The van der Waals surface area contributed by atoms with Gasteiger partial charge in [0.05, 0.1) is 22.2 Å². The fourth-order valence-corrected chi connectivity index (χ4v) is 6.41. The summed E-state index contributed by atoms with van der Waals surface area (Å²) in [4.78, 5) is 15.0. The van der Waals surface area contributed by atoms with Crippen molar-refractivity contribution < 1.29 is 9.30 Å². The SMILES string of the molecule is CCOc1sc(C=c2s/c(=C/C=C3\SC=C(C)N3CC)c(=O)n2C)[n+](CC)c1C. The summed E-state index contributed by atoms with van der Waals surface area (Å²) < 4.78 is 11.4. The second kappa shape index (κ2) is 9.36. The average molecular weight is 451 g/mol. The van der Waals surface area contributed by atoms with Gasteiger partial charge in [-0.3, -0.25) is 4.79 Å². The molecular formula is C21H28N3O2S3+. The van der Waals surface area contributed by atoms with Crippen LogP contribution >= 0.6 is 34.4 Å². The highest BCUT2D eigenvalue weighted by molar-refractivity contribution is 8.06. The molecule has 3 heterocycles. The van der Waals surface area contributed by atoms with E-state index < -0.39 is 0 Å². The maximum atomic E-state index is 12.8. The van der Waals surface area contributed by atoms with Crippen LogP contribution in [0.15, 0.2) is 27.0 Å². The smallest absolute Gasteiger partial charge is 0.268 e. The van der Waals surface area contributed by atoms with E-state index in [9.17, 15) is 4.79 Å². The van der Waals surface area contributed by atoms with Crippen LogP contribution in [-0.4, -0.2) is 22.6 Å². The molecule has 0 amide bonds. The lowest BCUT2D eigenvalue weighted by molar-refractivity contribution is -0.696. The van der Waals surface area contributed by atoms with Gasteiger partial charge < -0.3 is 14.2 Å². The number of allylic oxidation sites excluding steroid dienone is 2. The van der Waals surface area contributed by atoms with Crippen LogP contribution in [0.3, 0.4) is 0 Å². The zero-order valence-electron chi connectivity index (χ0n) is 17.8. The van der Waals surface area contributed by atoms with E-state index in [0.717, 1.165) is 43.1 Å². The maximum absolute atomic E-state index is 12.8. The molecule has 0 N–H and O–H groups in total. The molecule has 0 aromatic carbocycles. The summed E-state index contributed by atoms with van der Waals surface area (Å²) in [6.45, 7) is 12.9. The molecule has 0 saturated carbocycles. The predicted octanol–water partition coefficient (Wildman–Crippen LogP) is 2.90. The third-order valence-corrected chi connectivity index (χ3v) is 8.13. The summed E-state index contributed by atoms with van der Waals surface area (Å²) in [6, 6.07) is 0. The van der Waals surface area contributed by atoms with Crippen LogP contribution in [0, 0.1) is 6.92 Å². The number of hydrogen-bond acceptors (Lipinski definition) is 6. The highest BCUT2D eigenvalue weighted by Crippen LogP contribution is 2.33. The van der Waals surface area contributed by atoms with Gasteiger partial charge >= 0.3 is 0 Å². The van der Waals surface area contributed by atoms with Crippen molar-refractivity contribution >= 4 is 46.6 Å². The third kappa shape index (κ3) is 4.39. The normalized spacial score (nSPS) is 17.0. The Labute approximate surface area is 183 Å². The molecule has 0 aliphatic carbocycles. The lowest BCUT2D eigenvalue weighted by Crippen LogP contribution is -2.37. The van der Waals surface area contributed by atoms with Crippen molar-refractivity contribution in [1.82, 2.24) is 9.47 Å². The molecule has 0 fully saturated rings. The number of rotatable bonds is 6. The maximum Gasteiger partial charge on any atom is 0.268 e. The van der Waals surface area contributed by atoms with Gasteiger partial charge in [0.25, 0.3) is 10.6 Å². The minimum absolute atomic E-state index is 0.0372. The van der Waals surface area contributed by atoms with Crippen LogP contribution in [0.5, 0.6) is 5.06 Å². The lowest BCUT2D eigenvalue weighted by Gasteiger charge is -2.18. The van der Waals surface area contributed by atoms with Gasteiger partial charge in [0.2, 0.25) is 10.8 Å². The van der Waals surface area contributed by atoms with Gasteiger partial charge in [-0.1, -0.05) is 11.8 Å². The van der Waals surface area contributed by atoms with Crippen LogP contribution in [-0.2, 0) is 13.6 Å². The molecule has 0 bridgehead atoms. The second-order valence-electron chi connectivity index (χ2n) is 6.60. The molecular weight excluding hydrogens is 422 g/mol. The number of aromatic nitrogens is 2. The Bertz CT molecular complexity index is 1140. The topological polar surface area (TPSA) is 38.4 Å². The van der Waals surface area contributed by atoms with Gasteiger partial charge in [0, 0.05) is 26.2 Å². The Morgan fingerprint density at radius 1 is 1.17 bits per heavy atom. The molecule has 0 saturated heterocycles. The van der Waals surface area contributed by atoms with Crippen LogP contribution < -0.4 is 24.1 Å². The lowest BCUT2D eigenvalue weighted by atomic mass is 10.4. The first kappa shape index (κ1) is 21.9. The quantitative estimate of drug-likeness (QED) is 0.635. The summed E-state index contributed by atoms with van der Waals surface area (Å²) in [7, 11) is 1.84. The summed E-state index contributed by atoms with van der Waals surface area (Å²) >= 11 is 4.85. The van der Waals surface area contributed by atoms with Crippen molar-refractivity contribution in [3.63, 3.8) is 0 Å². The summed E-state index contributed by atoms with van der Waals surface area (Å²) in [5.74, 6) is 0. The van der Waals surface area contributed by atoms with E-state index in [4.69, 9.17) is 4.74 Å². The molecule has 0 unspecified atom stereocenters. The Hall–Kier alpha value is -1.77. The monoisotopic (exact) mass is 450 g/mol. The molecule has 1 aliphatic rings. The van der Waals surface area contributed by atoms with Crippen molar-refractivity contribution in [1.29, 1.82) is 0 Å². The second-order valence-corrected chi connectivity index (χ2v) is 9.54. The van der Waals surface area contributed by atoms with Crippen molar-refractivity contribution in [3.05, 3.63) is 52.5 Å². The molecule has 29 heavy (non-hydrogen) atoms. The first-order valence-electron chi connectivity index (χ1n) is 9.77. The van der Waals surface area contributed by atoms with E-state index in [1.54, 1.807) is 27.7 Å². The van der Waals surface area contributed by atoms with Crippen LogP contribution in [0.1, 0.15) is 38.4 Å². The molecule has 5 nitrogen and oxygen atoms in total. The van der Waals surface area contributed by atoms with Gasteiger partial charge in [0.1, 0.15) is 11.2 Å². The Morgan fingerprint density at radius 2 is 1.93 bits per heavy atom. The minimum atomic E-state index is 0.0372. The van der Waals surface area contributed by atoms with Gasteiger partial charge in [0.15, 0.2) is 0 Å². The molecule has 2 aromatic heterocycles. The standard InChI is InChI=1S/C21H28N3O2S3/c1-7-23-14(4)13-27-17(23)11-10-16-20(25)22(6)18(28-16)12-19-24(8-2)15(5)21(29-19)26-9-3/h10-13H,7-9H2,1-6H3/q+1/b16-10+,17-11-. The molecule has 2 aromatic rings. The van der Waals surface area contributed by atoms with Crippen molar-refractivity contribution in [2.45, 2.75) is 41.2 Å². The van der Waals surface area contributed by atoms with Crippen LogP contribution in [0.25, 0.3) is 12.2 Å². The zero-order valence-corrected chi connectivity index (χ0v) is 20.3. The highest BCUT2D eigenvalue weighted by atomic mass is 32.2. The van der Waals surface area contributed by atoms with E-state index in [0.29, 0.717) is 6.61 Å². The van der Waals surface area contributed by atoms with E-state index >= 15 is 0 Å². The van der Waals surface area contributed by atoms with Crippen molar-refractivity contribution in [2.24, 2.45) is 7.05 Å². The number of thiazole rings is 2. The molecule has 0 spiro atoms. The number of thioether (sulfide) groups is 1. The van der Waals surface area contributed by atoms with Crippen LogP contribution in [0.4, 0.5) is 0 Å². The Kier molecular flexibility index (Phi) is 7.08. The largest absolute Gasteiger partial charge is 0.480 e. The van der Waals surface area contributed by atoms with Crippen molar-refractivity contribution in [3.8, 4) is 5.06 Å². The Balaban J connectivity index is 2.04. The molecule has 0 atom stereocenters. The van der Waals surface area contributed by atoms with Gasteiger partial charge in [-0.2, -0.15) is 4.57 Å². The first-order valence-corrected chi connectivity index (χ1v) is 12.3. The molecule has 156 valence electrons. The Morgan fingerprint density at radius 3 is 2.59 bits per heavy atom. The first-order chi connectivity index (χ1) is 13.9. The highest BCUT2D eigenvalue weighted by Gasteiger charge is 2.22. The zero-order chi connectivity index (χ0) is 21.1. The fourth-order valence-electron chi connectivity index (χ4n) is 3.22. The molecule has 3 rings (SSSR count). The number of ether oxygens (including phenoxy) is 1. The van der Waals surface area contributed by atoms with E-state index in [-0.39, 0.29) is 5.56 Å². The number of hydrogen-bond donors (Lipinski definition) is 0. The third-order valence-electron chi connectivity index (χ3n) is 4.80. The average Bonchev–Trinajstić information content (AvgIpc) is 3.30. The van der Waals surface area contributed by atoms with E-state index in [1.807, 2.05) is 26.1 Å². The van der Waals surface area contributed by atoms with Gasteiger partial charge in [-0.15, -0.1) is 11.3 Å². The van der Waals surface area contributed by atoms with E-state index in [1.165, 1.54) is 17.0 Å². The summed E-state index contributed by atoms with van der Waals surface area (Å²) in [6.07, 6.45) is 6.09. The van der Waals surface area contributed by atoms with E-state index in [2.05, 4.69) is 48.6 Å². The molecule has 0 radical (unpaired) electrons. The van der Waals surface area contributed by atoms with Crippen molar-refractivity contribution in [2.75, 3.05) is 13.2 Å². The summed E-state index contributed by atoms with van der Waals surface area (Å²) in [5.41, 5.74) is 2.41. The van der Waals surface area contributed by atoms with Gasteiger partial charge in [-0.05, 0) is 56.6 Å².